The Morgan fingerprint density at radius 3 is 0.790 bits per heavy atom. The monoisotopic (exact) mass is 905 g/mol. The van der Waals surface area contributed by atoms with E-state index in [0.29, 0.717) is 24.3 Å². The highest BCUT2D eigenvalue weighted by Gasteiger charge is 2.11. The number of rotatable bonds is 43. The van der Waals surface area contributed by atoms with Crippen LogP contribution in [0.4, 0.5) is 0 Å². The maximum atomic E-state index is 12.5. The summed E-state index contributed by atoms with van der Waals surface area (Å²) in [4.78, 5) is 25.0. The maximum Gasteiger partial charge on any atom is 0.338 e. The van der Waals surface area contributed by atoms with E-state index < -0.39 is 0 Å². The Hall–Kier alpha value is -2.18. The predicted octanol–water partition coefficient (Wildman–Crippen LogP) is 9.37. The highest BCUT2D eigenvalue weighted by molar-refractivity contribution is 5.89. The number of aryl methyl sites for hydroxylation is 2. The van der Waals surface area contributed by atoms with Crippen LogP contribution >= 0.6 is 0 Å². The Balaban J connectivity index is 0.0000186. The molecule has 0 fully saturated rings. The molecule has 0 aliphatic carbocycles. The fourth-order valence-corrected chi connectivity index (χ4v) is 8.22. The summed E-state index contributed by atoms with van der Waals surface area (Å²) < 4.78 is 15.4. The molecule has 0 atom stereocenters. The molecule has 6 nitrogen and oxygen atoms in total. The Morgan fingerprint density at radius 1 is 0.339 bits per heavy atom. The Kier molecular flexibility index (Phi) is 43.8. The van der Waals surface area contributed by atoms with E-state index in [0.717, 1.165) is 38.8 Å². The maximum absolute atomic E-state index is 12.5. The van der Waals surface area contributed by atoms with Gasteiger partial charge in [0.1, 0.15) is 13.1 Å². The van der Waals surface area contributed by atoms with E-state index in [1.54, 1.807) is 0 Å². The minimum atomic E-state index is -0.257. The number of hydrogen-bond donors (Lipinski definition) is 0. The second-order valence-corrected chi connectivity index (χ2v) is 17.9. The van der Waals surface area contributed by atoms with Crippen LogP contribution in [0.15, 0.2) is 49.1 Å². The van der Waals surface area contributed by atoms with E-state index in [1.165, 1.54) is 205 Å². The summed E-state index contributed by atoms with van der Waals surface area (Å²) in [5.41, 5.74) is 1.22. The second kappa shape index (κ2) is 45.4. The van der Waals surface area contributed by atoms with Crippen LogP contribution in [0.25, 0.3) is 0 Å². The minimum Gasteiger partial charge on any atom is -1.00 e. The predicted molar refractivity (Wildman–Crippen MR) is 251 cm³/mol. The van der Waals surface area contributed by atoms with Crippen LogP contribution in [0.5, 0.6) is 0 Å². The number of unbranched alkanes of at least 4 members (excludes halogenated alkanes) is 33. The van der Waals surface area contributed by atoms with Gasteiger partial charge in [-0.3, -0.25) is 0 Å². The second-order valence-electron chi connectivity index (χ2n) is 17.9. The molecule has 358 valence electrons. The molecule has 0 amide bonds. The van der Waals surface area contributed by atoms with E-state index in [2.05, 4.69) is 23.0 Å². The van der Waals surface area contributed by atoms with Gasteiger partial charge in [-0.25, -0.2) is 18.7 Å². The first-order valence-corrected chi connectivity index (χ1v) is 26.0. The van der Waals surface area contributed by atoms with Gasteiger partial charge in [-0.2, -0.15) is 0 Å². The quantitative estimate of drug-likeness (QED) is 0.0379. The molecule has 0 radical (unpaired) electrons. The number of carbonyl (C=O) groups excluding carboxylic acids is 2. The van der Waals surface area contributed by atoms with Gasteiger partial charge in [-0.15, -0.1) is 0 Å². The number of halogens is 2. The first kappa shape index (κ1) is 59.8. The van der Waals surface area contributed by atoms with Gasteiger partial charge in [0.05, 0.1) is 24.3 Å². The average Bonchev–Trinajstić information content (AvgIpc) is 3.27. The van der Waals surface area contributed by atoms with Crippen molar-refractivity contribution in [3.63, 3.8) is 0 Å². The van der Waals surface area contributed by atoms with Gasteiger partial charge in [0.25, 0.3) is 0 Å². The molecule has 8 heteroatoms. The van der Waals surface area contributed by atoms with E-state index >= 15 is 0 Å². The van der Waals surface area contributed by atoms with Crippen molar-refractivity contribution in [2.24, 2.45) is 0 Å². The van der Waals surface area contributed by atoms with Crippen LogP contribution in [-0.4, -0.2) is 25.2 Å². The number of aromatic nitrogens is 2. The highest BCUT2D eigenvalue weighted by Crippen LogP contribution is 2.16. The van der Waals surface area contributed by atoms with Crippen molar-refractivity contribution >= 4 is 11.9 Å². The molecule has 0 saturated carbocycles. The summed E-state index contributed by atoms with van der Waals surface area (Å²) in [6.07, 6.45) is 55.7. The van der Waals surface area contributed by atoms with E-state index in [1.807, 2.05) is 49.1 Å². The van der Waals surface area contributed by atoms with Gasteiger partial charge < -0.3 is 34.3 Å². The third kappa shape index (κ3) is 35.2. The molecule has 0 aliphatic heterocycles. The van der Waals surface area contributed by atoms with E-state index in [-0.39, 0.29) is 36.8 Å². The molecule has 62 heavy (non-hydrogen) atoms. The molecule has 0 N–H and O–H groups in total. The van der Waals surface area contributed by atoms with Crippen molar-refractivity contribution in [3.05, 3.63) is 60.2 Å². The molecule has 2 aromatic heterocycles. The normalized spacial score (nSPS) is 10.9. The van der Waals surface area contributed by atoms with Crippen molar-refractivity contribution in [2.75, 3.05) is 13.2 Å². The highest BCUT2D eigenvalue weighted by atomic mass is 35.5. The first-order valence-electron chi connectivity index (χ1n) is 26.0. The van der Waals surface area contributed by atoms with Crippen molar-refractivity contribution in [1.29, 1.82) is 0 Å². The van der Waals surface area contributed by atoms with E-state index in [9.17, 15) is 9.59 Å². The van der Waals surface area contributed by atoms with Crippen molar-refractivity contribution in [3.8, 4) is 0 Å². The summed E-state index contributed by atoms with van der Waals surface area (Å²) in [5, 5.41) is 0. The number of ether oxygens (including phenoxy) is 2. The lowest BCUT2D eigenvalue weighted by Crippen LogP contribution is -3.00. The lowest BCUT2D eigenvalue weighted by atomic mass is 10.0. The lowest BCUT2D eigenvalue weighted by molar-refractivity contribution is -0.697. The molecule has 0 unspecified atom stereocenters. The molecule has 0 bridgehead atoms. The SMILES string of the molecule is CCCCCCCCCCCCCCCCCC[n+]1ccc(C(=O)OCCCCCCOC(=O)c2cc[n+](CCCCCCCCCCCCCCCCCC)cc2)cc1.[Cl-].[Cl-]. The van der Waals surface area contributed by atoms with Gasteiger partial charge >= 0.3 is 11.9 Å². The number of pyridine rings is 2. The van der Waals surface area contributed by atoms with Gasteiger partial charge in [0.15, 0.2) is 24.8 Å². The topological polar surface area (TPSA) is 60.4 Å². The number of carbonyl (C=O) groups is 2. The smallest absolute Gasteiger partial charge is 0.338 e. The fourth-order valence-electron chi connectivity index (χ4n) is 8.22. The van der Waals surface area contributed by atoms with Crippen LogP contribution in [0.2, 0.25) is 0 Å². The average molecular weight is 906 g/mol. The van der Waals surface area contributed by atoms with Crippen LogP contribution in [0.3, 0.4) is 0 Å². The molecular weight excluding hydrogens is 812 g/mol. The summed E-state index contributed by atoms with van der Waals surface area (Å²) >= 11 is 0. The van der Waals surface area contributed by atoms with Crippen LogP contribution in [0.1, 0.15) is 266 Å². The zero-order valence-corrected chi connectivity index (χ0v) is 41.7. The molecule has 2 aromatic rings. The van der Waals surface area contributed by atoms with Crippen LogP contribution in [0, 0.1) is 0 Å². The summed E-state index contributed by atoms with van der Waals surface area (Å²) in [6.45, 7) is 7.39. The molecule has 0 aliphatic rings. The lowest BCUT2D eigenvalue weighted by Gasteiger charge is -2.06. The van der Waals surface area contributed by atoms with Crippen molar-refractivity contribution < 1.29 is 53.0 Å². The van der Waals surface area contributed by atoms with Crippen LogP contribution in [-0.2, 0) is 22.6 Å². The number of esters is 2. The summed E-state index contributed by atoms with van der Waals surface area (Å²) in [7, 11) is 0. The Bertz CT molecular complexity index is 1160. The third-order valence-electron chi connectivity index (χ3n) is 12.3. The zero-order chi connectivity index (χ0) is 42.8. The summed E-state index contributed by atoms with van der Waals surface area (Å²) in [5.74, 6) is -0.514. The molecule has 2 rings (SSSR count). The van der Waals surface area contributed by atoms with Crippen LogP contribution < -0.4 is 33.9 Å². The summed E-state index contributed by atoms with van der Waals surface area (Å²) in [6, 6.07) is 7.49. The molecule has 0 spiro atoms. The zero-order valence-electron chi connectivity index (χ0n) is 40.2. The molecule has 2 heterocycles. The molecular formula is C54H94Cl2N2O4. The fraction of sp³-hybridized carbons (Fsp3) is 0.778. The van der Waals surface area contributed by atoms with Gasteiger partial charge in [0.2, 0.25) is 0 Å². The van der Waals surface area contributed by atoms with Crippen molar-refractivity contribution in [2.45, 2.75) is 258 Å². The number of hydrogen-bond acceptors (Lipinski definition) is 4. The van der Waals surface area contributed by atoms with Gasteiger partial charge in [0, 0.05) is 37.1 Å². The Morgan fingerprint density at radius 2 is 0.548 bits per heavy atom. The van der Waals surface area contributed by atoms with Gasteiger partial charge in [-0.1, -0.05) is 194 Å². The first-order chi connectivity index (χ1) is 29.6. The molecule has 0 saturated heterocycles. The minimum absolute atomic E-state index is 0. The third-order valence-corrected chi connectivity index (χ3v) is 12.3. The van der Waals surface area contributed by atoms with Crippen molar-refractivity contribution in [1.82, 2.24) is 0 Å². The number of nitrogens with zero attached hydrogens (tertiary/aromatic N) is 2. The van der Waals surface area contributed by atoms with Gasteiger partial charge in [-0.05, 0) is 38.5 Å². The van der Waals surface area contributed by atoms with E-state index in [4.69, 9.17) is 9.47 Å². The largest absolute Gasteiger partial charge is 1.00 e. The standard InChI is InChI=1S/C54H94N2O4.2ClH/c1-3-5-7-9-11-13-15-17-19-21-23-25-27-29-31-35-43-55-45-39-51(40-46-55)53(57)59-49-37-33-34-38-50-60-54(58)52-41-47-56(48-42-52)44-36-32-30-28-26-24-22-20-18-16-14-12-10-8-6-4-2;;/h39-42,45-48H,3-38,43-44,49-50H2,1-2H3;2*1H/q+2;;/p-2. The Labute approximate surface area is 394 Å². The molecule has 0 aromatic carbocycles.